The van der Waals surface area contributed by atoms with Gasteiger partial charge in [-0.1, -0.05) is 29.8 Å². The minimum atomic E-state index is -0.889. The Morgan fingerprint density at radius 2 is 1.75 bits per heavy atom. The zero-order valence-electron chi connectivity index (χ0n) is 11.6. The van der Waals surface area contributed by atoms with E-state index in [0.717, 1.165) is 0 Å². The van der Waals surface area contributed by atoms with Crippen LogP contribution in [0.15, 0.2) is 30.3 Å². The second-order valence-corrected chi connectivity index (χ2v) is 5.19. The van der Waals surface area contributed by atoms with Crippen LogP contribution >= 0.6 is 11.6 Å². The molecule has 0 aliphatic heterocycles. The van der Waals surface area contributed by atoms with Crippen molar-refractivity contribution in [2.24, 2.45) is 0 Å². The van der Waals surface area contributed by atoms with Crippen molar-refractivity contribution in [3.05, 3.63) is 63.4 Å². The highest BCUT2D eigenvalue weighted by Gasteiger charge is 2.17. The molecular formula is C16H16ClFO2. The summed E-state index contributed by atoms with van der Waals surface area (Å²) in [5.41, 5.74) is 2.24. The van der Waals surface area contributed by atoms with E-state index in [9.17, 15) is 9.50 Å². The predicted octanol–water partition coefficient (Wildman–Crippen LogP) is 4.19. The molecule has 0 spiro atoms. The maximum atomic E-state index is 13.7. The Bertz CT molecular complexity index is 617. The van der Waals surface area contributed by atoms with E-state index in [1.807, 2.05) is 0 Å². The van der Waals surface area contributed by atoms with Crippen LogP contribution in [-0.2, 0) is 0 Å². The van der Waals surface area contributed by atoms with Gasteiger partial charge in [0.25, 0.3) is 0 Å². The van der Waals surface area contributed by atoms with Crippen LogP contribution in [0.2, 0.25) is 5.02 Å². The van der Waals surface area contributed by atoms with Crippen molar-refractivity contribution in [2.45, 2.75) is 20.0 Å². The lowest BCUT2D eigenvalue weighted by atomic mass is 9.97. The fourth-order valence-corrected chi connectivity index (χ4v) is 2.39. The lowest BCUT2D eigenvalue weighted by Gasteiger charge is -2.17. The molecule has 0 amide bonds. The van der Waals surface area contributed by atoms with Gasteiger partial charge in [0, 0.05) is 10.6 Å². The predicted molar refractivity (Wildman–Crippen MR) is 77.9 cm³/mol. The van der Waals surface area contributed by atoms with Crippen LogP contribution < -0.4 is 4.74 Å². The van der Waals surface area contributed by atoms with Gasteiger partial charge in [-0.25, -0.2) is 4.39 Å². The molecule has 0 aromatic heterocycles. The Kier molecular flexibility index (Phi) is 4.31. The highest BCUT2D eigenvalue weighted by atomic mass is 35.5. The largest absolute Gasteiger partial charge is 0.496 e. The SMILES string of the molecule is COc1cc(Cl)ccc1C(O)c1cc(C)c(F)c(C)c1. The van der Waals surface area contributed by atoms with E-state index in [-0.39, 0.29) is 5.82 Å². The number of aliphatic hydroxyl groups excluding tert-OH is 1. The smallest absolute Gasteiger partial charge is 0.129 e. The molecule has 2 rings (SSSR count). The summed E-state index contributed by atoms with van der Waals surface area (Å²) in [6.45, 7) is 3.36. The first-order valence-corrected chi connectivity index (χ1v) is 6.60. The van der Waals surface area contributed by atoms with Gasteiger partial charge in [-0.05, 0) is 42.7 Å². The molecule has 0 fully saturated rings. The highest BCUT2D eigenvalue weighted by Crippen LogP contribution is 2.33. The molecule has 1 unspecified atom stereocenters. The van der Waals surface area contributed by atoms with Crippen molar-refractivity contribution in [1.29, 1.82) is 0 Å². The topological polar surface area (TPSA) is 29.5 Å². The maximum Gasteiger partial charge on any atom is 0.129 e. The van der Waals surface area contributed by atoms with Crippen LogP contribution in [0, 0.1) is 19.7 Å². The third kappa shape index (κ3) is 2.79. The number of hydrogen-bond acceptors (Lipinski definition) is 2. The summed E-state index contributed by atoms with van der Waals surface area (Å²) in [6, 6.07) is 8.32. The number of ether oxygens (including phenoxy) is 1. The summed E-state index contributed by atoms with van der Waals surface area (Å²) < 4.78 is 18.9. The van der Waals surface area contributed by atoms with E-state index in [0.29, 0.717) is 33.0 Å². The number of rotatable bonds is 3. The number of aliphatic hydroxyl groups is 1. The van der Waals surface area contributed by atoms with Gasteiger partial charge in [0.2, 0.25) is 0 Å². The Balaban J connectivity index is 2.48. The molecule has 2 aromatic rings. The van der Waals surface area contributed by atoms with Gasteiger partial charge in [-0.3, -0.25) is 0 Å². The highest BCUT2D eigenvalue weighted by molar-refractivity contribution is 6.30. The molecule has 20 heavy (non-hydrogen) atoms. The average Bonchev–Trinajstić information content (AvgIpc) is 2.43. The van der Waals surface area contributed by atoms with E-state index in [4.69, 9.17) is 16.3 Å². The van der Waals surface area contributed by atoms with Crippen molar-refractivity contribution in [3.63, 3.8) is 0 Å². The summed E-state index contributed by atoms with van der Waals surface area (Å²) >= 11 is 5.91. The fourth-order valence-electron chi connectivity index (χ4n) is 2.23. The molecular weight excluding hydrogens is 279 g/mol. The van der Waals surface area contributed by atoms with Gasteiger partial charge in [-0.2, -0.15) is 0 Å². The zero-order chi connectivity index (χ0) is 14.9. The van der Waals surface area contributed by atoms with Crippen LogP contribution in [-0.4, -0.2) is 12.2 Å². The molecule has 2 nitrogen and oxygen atoms in total. The quantitative estimate of drug-likeness (QED) is 0.920. The van der Waals surface area contributed by atoms with Crippen molar-refractivity contribution in [2.75, 3.05) is 7.11 Å². The number of halogens is 2. The number of benzene rings is 2. The second-order valence-electron chi connectivity index (χ2n) is 4.76. The van der Waals surface area contributed by atoms with E-state index in [2.05, 4.69) is 0 Å². The van der Waals surface area contributed by atoms with Gasteiger partial charge >= 0.3 is 0 Å². The molecule has 106 valence electrons. The van der Waals surface area contributed by atoms with Crippen molar-refractivity contribution in [1.82, 2.24) is 0 Å². The van der Waals surface area contributed by atoms with Gasteiger partial charge < -0.3 is 9.84 Å². The van der Waals surface area contributed by atoms with E-state index < -0.39 is 6.10 Å². The van der Waals surface area contributed by atoms with Gasteiger partial charge in [-0.15, -0.1) is 0 Å². The Labute approximate surface area is 122 Å². The molecule has 0 heterocycles. The van der Waals surface area contributed by atoms with Crippen molar-refractivity contribution in [3.8, 4) is 5.75 Å². The molecule has 0 radical (unpaired) electrons. The Morgan fingerprint density at radius 3 is 2.30 bits per heavy atom. The normalized spacial score (nSPS) is 12.3. The second kappa shape index (κ2) is 5.81. The molecule has 1 N–H and O–H groups in total. The molecule has 0 saturated heterocycles. The molecule has 0 bridgehead atoms. The summed E-state index contributed by atoms with van der Waals surface area (Å²) in [7, 11) is 1.52. The van der Waals surface area contributed by atoms with Crippen molar-refractivity contribution < 1.29 is 14.2 Å². The van der Waals surface area contributed by atoms with Gasteiger partial charge in [0.05, 0.1) is 7.11 Å². The van der Waals surface area contributed by atoms with Crippen LogP contribution in [0.4, 0.5) is 4.39 Å². The van der Waals surface area contributed by atoms with E-state index in [1.165, 1.54) is 7.11 Å². The van der Waals surface area contributed by atoms with Crippen LogP contribution in [0.3, 0.4) is 0 Å². The zero-order valence-corrected chi connectivity index (χ0v) is 12.3. The summed E-state index contributed by atoms with van der Waals surface area (Å²) in [4.78, 5) is 0. The minimum absolute atomic E-state index is 0.246. The van der Waals surface area contributed by atoms with Crippen LogP contribution in [0.5, 0.6) is 5.75 Å². The molecule has 0 aliphatic carbocycles. The monoisotopic (exact) mass is 294 g/mol. The summed E-state index contributed by atoms with van der Waals surface area (Å²) in [6.07, 6.45) is -0.889. The molecule has 2 aromatic carbocycles. The first-order valence-electron chi connectivity index (χ1n) is 6.22. The van der Waals surface area contributed by atoms with Gasteiger partial charge in [0.15, 0.2) is 0 Å². The van der Waals surface area contributed by atoms with E-state index in [1.54, 1.807) is 44.2 Å². The molecule has 0 aliphatic rings. The number of methoxy groups -OCH3 is 1. The first kappa shape index (κ1) is 14.8. The first-order chi connectivity index (χ1) is 9.43. The number of hydrogen-bond donors (Lipinski definition) is 1. The molecule has 1 atom stereocenters. The molecule has 4 heteroatoms. The Morgan fingerprint density at radius 1 is 1.15 bits per heavy atom. The van der Waals surface area contributed by atoms with Crippen LogP contribution in [0.25, 0.3) is 0 Å². The summed E-state index contributed by atoms with van der Waals surface area (Å²) in [5.74, 6) is 0.258. The minimum Gasteiger partial charge on any atom is -0.496 e. The lowest BCUT2D eigenvalue weighted by molar-refractivity contribution is 0.214. The molecule has 0 saturated carbocycles. The maximum absolute atomic E-state index is 13.7. The standard InChI is InChI=1S/C16H16ClFO2/c1-9-6-11(7-10(2)15(9)18)16(19)13-5-4-12(17)8-14(13)20-3/h4-8,16,19H,1-3H3. The average molecular weight is 295 g/mol. The fraction of sp³-hybridized carbons (Fsp3) is 0.250. The van der Waals surface area contributed by atoms with Crippen molar-refractivity contribution >= 4 is 11.6 Å². The number of aryl methyl sites for hydroxylation is 2. The lowest BCUT2D eigenvalue weighted by Crippen LogP contribution is -2.04. The summed E-state index contributed by atoms with van der Waals surface area (Å²) in [5, 5.41) is 11.0. The van der Waals surface area contributed by atoms with E-state index >= 15 is 0 Å². The van der Waals surface area contributed by atoms with Crippen LogP contribution in [0.1, 0.15) is 28.4 Å². The third-order valence-corrected chi connectivity index (χ3v) is 3.50. The van der Waals surface area contributed by atoms with Gasteiger partial charge in [0.1, 0.15) is 17.7 Å². The Hall–Kier alpha value is -1.58. The third-order valence-electron chi connectivity index (χ3n) is 3.26.